The first-order valence-electron chi connectivity index (χ1n) is 5.52. The molecule has 20 heavy (non-hydrogen) atoms. The molecule has 1 aromatic carbocycles. The van der Waals surface area contributed by atoms with Gasteiger partial charge in [-0.25, -0.2) is 9.18 Å². The number of amides is 1. The van der Waals surface area contributed by atoms with Crippen LogP contribution in [0, 0.1) is 5.82 Å². The first-order chi connectivity index (χ1) is 9.50. The number of hydrogen-bond acceptors (Lipinski definition) is 3. The molecule has 0 spiro atoms. The second-order valence-electron chi connectivity index (χ2n) is 3.86. The van der Waals surface area contributed by atoms with Gasteiger partial charge in [0.05, 0.1) is 5.56 Å². The van der Waals surface area contributed by atoms with Gasteiger partial charge in [0.1, 0.15) is 5.82 Å². The van der Waals surface area contributed by atoms with E-state index in [0.29, 0.717) is 4.88 Å². The molecule has 1 amide bonds. The second kappa shape index (κ2) is 6.15. The number of carbonyl (C=O) groups is 2. The smallest absolute Gasteiger partial charge is 0.331 e. The van der Waals surface area contributed by atoms with E-state index in [2.05, 4.69) is 21.2 Å². The summed E-state index contributed by atoms with van der Waals surface area (Å²) in [6.45, 7) is 0. The molecule has 0 saturated carbocycles. The Morgan fingerprint density at radius 1 is 1.30 bits per heavy atom. The van der Waals surface area contributed by atoms with Gasteiger partial charge < -0.3 is 10.4 Å². The molecule has 1 aromatic heterocycles. The van der Waals surface area contributed by atoms with Crippen molar-refractivity contribution in [2.45, 2.75) is 6.04 Å². The molecule has 1 unspecified atom stereocenters. The van der Waals surface area contributed by atoms with Crippen LogP contribution in [0.25, 0.3) is 0 Å². The molecule has 0 radical (unpaired) electrons. The Labute approximate surface area is 126 Å². The molecular formula is C13H9BrFNO3S. The van der Waals surface area contributed by atoms with Crippen molar-refractivity contribution in [1.82, 2.24) is 5.32 Å². The lowest BCUT2D eigenvalue weighted by Gasteiger charge is -2.14. The molecule has 0 aliphatic rings. The molecule has 2 aromatic rings. The van der Waals surface area contributed by atoms with E-state index >= 15 is 0 Å². The van der Waals surface area contributed by atoms with Crippen LogP contribution in [0.5, 0.6) is 0 Å². The van der Waals surface area contributed by atoms with Crippen LogP contribution in [0.4, 0.5) is 4.39 Å². The van der Waals surface area contributed by atoms with E-state index in [1.54, 1.807) is 17.5 Å². The van der Waals surface area contributed by atoms with Crippen molar-refractivity contribution in [3.63, 3.8) is 0 Å². The summed E-state index contributed by atoms with van der Waals surface area (Å²) in [7, 11) is 0. The predicted molar refractivity (Wildman–Crippen MR) is 76.3 cm³/mol. The lowest BCUT2D eigenvalue weighted by molar-refractivity contribution is -0.139. The minimum atomic E-state index is -1.20. The average Bonchev–Trinajstić information content (AvgIpc) is 2.88. The highest BCUT2D eigenvalue weighted by Crippen LogP contribution is 2.23. The third-order valence-corrected chi connectivity index (χ3v) is 4.14. The van der Waals surface area contributed by atoms with Gasteiger partial charge in [0.15, 0.2) is 6.04 Å². The molecule has 1 heterocycles. The van der Waals surface area contributed by atoms with E-state index in [4.69, 9.17) is 5.11 Å². The molecular weight excluding hydrogens is 349 g/mol. The van der Waals surface area contributed by atoms with Crippen molar-refractivity contribution in [2.24, 2.45) is 0 Å². The molecule has 1 atom stereocenters. The summed E-state index contributed by atoms with van der Waals surface area (Å²) in [5.74, 6) is -2.70. The Kier molecular flexibility index (Phi) is 4.51. The molecule has 0 aliphatic carbocycles. The minimum absolute atomic E-state index is 0.213. The van der Waals surface area contributed by atoms with Crippen molar-refractivity contribution < 1.29 is 19.1 Å². The Hall–Kier alpha value is -1.73. The molecule has 0 aliphatic heterocycles. The highest BCUT2D eigenvalue weighted by molar-refractivity contribution is 9.10. The molecule has 4 nitrogen and oxygen atoms in total. The highest BCUT2D eigenvalue weighted by atomic mass is 79.9. The number of carboxylic acids is 1. The van der Waals surface area contributed by atoms with Crippen LogP contribution in [0.3, 0.4) is 0 Å². The van der Waals surface area contributed by atoms with Gasteiger partial charge in [-0.3, -0.25) is 4.79 Å². The van der Waals surface area contributed by atoms with Crippen LogP contribution in [0.1, 0.15) is 21.3 Å². The predicted octanol–water partition coefficient (Wildman–Crippen LogP) is 3.21. The van der Waals surface area contributed by atoms with Crippen molar-refractivity contribution in [1.29, 1.82) is 0 Å². The average molecular weight is 358 g/mol. The van der Waals surface area contributed by atoms with E-state index in [0.717, 1.165) is 6.07 Å². The fraction of sp³-hybridized carbons (Fsp3) is 0.0769. The first-order valence-corrected chi connectivity index (χ1v) is 7.19. The van der Waals surface area contributed by atoms with Gasteiger partial charge in [-0.2, -0.15) is 0 Å². The summed E-state index contributed by atoms with van der Waals surface area (Å²) in [4.78, 5) is 23.7. The summed E-state index contributed by atoms with van der Waals surface area (Å²) in [5.41, 5.74) is -0.213. The maximum absolute atomic E-state index is 13.7. The zero-order chi connectivity index (χ0) is 14.7. The minimum Gasteiger partial charge on any atom is -0.479 e. The standard InChI is InChI=1S/C13H9BrFNO3S/c14-7-3-1-4-8(15)10(7)12(17)16-11(13(18)19)9-5-2-6-20-9/h1-6,11H,(H,16,17)(H,18,19). The maximum Gasteiger partial charge on any atom is 0.331 e. The van der Waals surface area contributed by atoms with Crippen LogP contribution in [0.15, 0.2) is 40.2 Å². The van der Waals surface area contributed by atoms with Gasteiger partial charge in [-0.05, 0) is 39.5 Å². The Morgan fingerprint density at radius 2 is 2.05 bits per heavy atom. The number of hydrogen-bond donors (Lipinski definition) is 2. The van der Waals surface area contributed by atoms with Gasteiger partial charge >= 0.3 is 5.97 Å². The van der Waals surface area contributed by atoms with Crippen molar-refractivity contribution in [2.75, 3.05) is 0 Å². The highest BCUT2D eigenvalue weighted by Gasteiger charge is 2.25. The monoisotopic (exact) mass is 357 g/mol. The fourth-order valence-corrected chi connectivity index (χ4v) is 2.92. The zero-order valence-electron chi connectivity index (χ0n) is 9.97. The lowest BCUT2D eigenvalue weighted by Crippen LogP contribution is -2.33. The lowest BCUT2D eigenvalue weighted by atomic mass is 10.1. The van der Waals surface area contributed by atoms with Crippen LogP contribution in [-0.2, 0) is 4.79 Å². The number of thiophene rings is 1. The SMILES string of the molecule is O=C(NC(C(=O)O)c1cccs1)c1c(F)cccc1Br. The summed E-state index contributed by atoms with van der Waals surface area (Å²) in [6, 6.07) is 6.18. The summed E-state index contributed by atoms with van der Waals surface area (Å²) >= 11 is 4.28. The Bertz CT molecular complexity index is 625. The number of carbonyl (C=O) groups excluding carboxylic acids is 1. The molecule has 104 valence electrons. The number of rotatable bonds is 4. The molecule has 2 N–H and O–H groups in total. The van der Waals surface area contributed by atoms with E-state index in [1.165, 1.54) is 23.5 Å². The van der Waals surface area contributed by atoms with Gasteiger partial charge in [0, 0.05) is 9.35 Å². The van der Waals surface area contributed by atoms with Crippen LogP contribution in [-0.4, -0.2) is 17.0 Å². The van der Waals surface area contributed by atoms with Crippen molar-refractivity contribution in [3.05, 3.63) is 56.4 Å². The van der Waals surface area contributed by atoms with E-state index in [1.807, 2.05) is 0 Å². The first kappa shape index (κ1) is 14.7. The molecule has 0 saturated heterocycles. The number of aliphatic carboxylic acids is 1. The Balaban J connectivity index is 2.28. The van der Waals surface area contributed by atoms with Gasteiger partial charge in [0.2, 0.25) is 0 Å². The number of benzene rings is 1. The van der Waals surface area contributed by atoms with Crippen LogP contribution < -0.4 is 5.32 Å². The number of nitrogens with one attached hydrogen (secondary N) is 1. The summed E-state index contributed by atoms with van der Waals surface area (Å²) < 4.78 is 13.9. The van der Waals surface area contributed by atoms with Gasteiger partial charge in [-0.15, -0.1) is 11.3 Å². The van der Waals surface area contributed by atoms with E-state index in [-0.39, 0.29) is 10.0 Å². The largest absolute Gasteiger partial charge is 0.479 e. The van der Waals surface area contributed by atoms with Crippen molar-refractivity contribution >= 4 is 39.1 Å². The van der Waals surface area contributed by atoms with E-state index in [9.17, 15) is 14.0 Å². The number of halogens is 2. The molecule has 2 rings (SSSR count). The van der Waals surface area contributed by atoms with Crippen LogP contribution >= 0.6 is 27.3 Å². The van der Waals surface area contributed by atoms with Gasteiger partial charge in [-0.1, -0.05) is 12.1 Å². The Morgan fingerprint density at radius 3 is 2.60 bits per heavy atom. The van der Waals surface area contributed by atoms with Crippen LogP contribution in [0.2, 0.25) is 0 Å². The quantitative estimate of drug-likeness (QED) is 0.882. The summed E-state index contributed by atoms with van der Waals surface area (Å²) in [5, 5.41) is 13.2. The topological polar surface area (TPSA) is 66.4 Å². The van der Waals surface area contributed by atoms with E-state index < -0.39 is 23.7 Å². The third-order valence-electron chi connectivity index (χ3n) is 2.54. The number of carboxylic acid groups (broad SMARTS) is 1. The van der Waals surface area contributed by atoms with Gasteiger partial charge in [0.25, 0.3) is 5.91 Å². The second-order valence-corrected chi connectivity index (χ2v) is 5.69. The molecule has 0 fully saturated rings. The fourth-order valence-electron chi connectivity index (χ4n) is 1.63. The molecule has 0 bridgehead atoms. The normalized spacial score (nSPS) is 11.9. The summed E-state index contributed by atoms with van der Waals surface area (Å²) in [6.07, 6.45) is 0. The zero-order valence-corrected chi connectivity index (χ0v) is 12.4. The maximum atomic E-state index is 13.7. The molecule has 7 heteroatoms. The van der Waals surface area contributed by atoms with Crippen molar-refractivity contribution in [3.8, 4) is 0 Å². The third kappa shape index (κ3) is 3.05.